The van der Waals surface area contributed by atoms with E-state index in [1.54, 1.807) is 0 Å². The van der Waals surface area contributed by atoms with Crippen LogP contribution in [0.4, 0.5) is 0 Å². The Morgan fingerprint density at radius 2 is 1.88 bits per heavy atom. The third-order valence-electron chi connectivity index (χ3n) is 6.77. The molecule has 2 aliphatic carbocycles. The van der Waals surface area contributed by atoms with Gasteiger partial charge in [-0.25, -0.2) is 0 Å². The number of hydrogen-bond donors (Lipinski definition) is 0. The molecule has 0 aromatic heterocycles. The molecule has 5 heteroatoms. The number of halogens is 1. The predicted molar refractivity (Wildman–Crippen MR) is 103 cm³/mol. The summed E-state index contributed by atoms with van der Waals surface area (Å²) in [5.74, 6) is 0.228. The lowest BCUT2D eigenvalue weighted by Crippen LogP contribution is -2.69. The molecule has 3 fully saturated rings. The van der Waals surface area contributed by atoms with E-state index in [2.05, 4.69) is 11.8 Å². The SMILES string of the molecule is CCO[C@H]1C[C@@H](N2CCN(C(=O)Cc3ccc(Cl)cc3)CC2)C12CCC2. The van der Waals surface area contributed by atoms with Gasteiger partial charge in [0, 0.05) is 49.3 Å². The first-order valence-corrected chi connectivity index (χ1v) is 10.4. The minimum Gasteiger partial charge on any atom is -0.378 e. The lowest BCUT2D eigenvalue weighted by molar-refractivity contribution is -0.207. The average Bonchev–Trinajstić information content (AvgIpc) is 2.59. The van der Waals surface area contributed by atoms with Gasteiger partial charge in [0.25, 0.3) is 0 Å². The molecule has 4 rings (SSSR count). The van der Waals surface area contributed by atoms with Crippen molar-refractivity contribution in [1.82, 2.24) is 9.80 Å². The van der Waals surface area contributed by atoms with Gasteiger partial charge in [-0.15, -0.1) is 0 Å². The van der Waals surface area contributed by atoms with Gasteiger partial charge in [0.15, 0.2) is 0 Å². The fourth-order valence-electron chi connectivity index (χ4n) is 5.09. The number of nitrogens with zero attached hydrogens (tertiary/aromatic N) is 2. The molecule has 0 bridgehead atoms. The summed E-state index contributed by atoms with van der Waals surface area (Å²) in [6.07, 6.45) is 6.09. The highest BCUT2D eigenvalue weighted by atomic mass is 35.5. The number of piperazine rings is 1. The van der Waals surface area contributed by atoms with Gasteiger partial charge < -0.3 is 9.64 Å². The lowest BCUT2D eigenvalue weighted by atomic mass is 9.50. The first-order valence-electron chi connectivity index (χ1n) is 10.0. The van der Waals surface area contributed by atoms with E-state index in [1.165, 1.54) is 25.7 Å². The van der Waals surface area contributed by atoms with E-state index in [9.17, 15) is 4.79 Å². The molecular weight excluding hydrogens is 348 g/mol. The summed E-state index contributed by atoms with van der Waals surface area (Å²) < 4.78 is 5.99. The molecular formula is C21H29ClN2O2. The highest BCUT2D eigenvalue weighted by Crippen LogP contribution is 2.59. The van der Waals surface area contributed by atoms with Crippen LogP contribution in [0.15, 0.2) is 24.3 Å². The van der Waals surface area contributed by atoms with Crippen LogP contribution in [-0.2, 0) is 16.0 Å². The summed E-state index contributed by atoms with van der Waals surface area (Å²) in [7, 11) is 0. The maximum atomic E-state index is 12.6. The standard InChI is InChI=1S/C21H29ClN2O2/c1-2-26-19-15-18(21(19)8-3-9-21)23-10-12-24(13-11-23)20(25)14-16-4-6-17(22)7-5-16/h4-7,18-19H,2-3,8-15H2,1H3/t18-,19+/m1/s1. The van der Waals surface area contributed by atoms with Crippen LogP contribution in [0.3, 0.4) is 0 Å². The van der Waals surface area contributed by atoms with Crippen LogP contribution >= 0.6 is 11.6 Å². The number of carbonyl (C=O) groups excluding carboxylic acids is 1. The number of benzene rings is 1. The van der Waals surface area contributed by atoms with E-state index in [4.69, 9.17) is 16.3 Å². The summed E-state index contributed by atoms with van der Waals surface area (Å²) in [4.78, 5) is 17.2. The Labute approximate surface area is 161 Å². The van der Waals surface area contributed by atoms with Crippen molar-refractivity contribution in [1.29, 1.82) is 0 Å². The molecule has 1 amide bonds. The van der Waals surface area contributed by atoms with E-state index in [-0.39, 0.29) is 5.91 Å². The highest BCUT2D eigenvalue weighted by Gasteiger charge is 2.60. The Bertz CT molecular complexity index is 636. The summed E-state index contributed by atoms with van der Waals surface area (Å²) in [6.45, 7) is 6.61. The molecule has 26 heavy (non-hydrogen) atoms. The Morgan fingerprint density at radius 3 is 2.46 bits per heavy atom. The van der Waals surface area contributed by atoms with Gasteiger partial charge in [-0.1, -0.05) is 30.2 Å². The van der Waals surface area contributed by atoms with Gasteiger partial charge >= 0.3 is 0 Å². The third kappa shape index (κ3) is 3.28. The number of rotatable bonds is 5. The van der Waals surface area contributed by atoms with Crippen molar-refractivity contribution in [2.75, 3.05) is 32.8 Å². The Morgan fingerprint density at radius 1 is 1.19 bits per heavy atom. The van der Waals surface area contributed by atoms with E-state index in [0.29, 0.717) is 29.0 Å². The van der Waals surface area contributed by atoms with Gasteiger partial charge in [-0.05, 0) is 43.9 Å². The number of amides is 1. The van der Waals surface area contributed by atoms with E-state index < -0.39 is 0 Å². The van der Waals surface area contributed by atoms with Gasteiger partial charge in [0.1, 0.15) is 0 Å². The third-order valence-corrected chi connectivity index (χ3v) is 7.02. The minimum absolute atomic E-state index is 0.228. The Balaban J connectivity index is 1.29. The number of carbonyl (C=O) groups is 1. The first kappa shape index (κ1) is 18.3. The van der Waals surface area contributed by atoms with Gasteiger partial charge in [0.2, 0.25) is 5.91 Å². The first-order chi connectivity index (χ1) is 12.6. The van der Waals surface area contributed by atoms with Crippen molar-refractivity contribution in [3.63, 3.8) is 0 Å². The molecule has 1 heterocycles. The number of ether oxygens (including phenoxy) is 1. The zero-order valence-corrected chi connectivity index (χ0v) is 16.4. The van der Waals surface area contributed by atoms with Gasteiger partial charge in [-0.3, -0.25) is 9.69 Å². The van der Waals surface area contributed by atoms with Crippen LogP contribution in [0.1, 0.15) is 38.2 Å². The maximum absolute atomic E-state index is 12.6. The second-order valence-corrected chi connectivity index (χ2v) is 8.44. The van der Waals surface area contributed by atoms with E-state index >= 15 is 0 Å². The van der Waals surface area contributed by atoms with Crippen molar-refractivity contribution in [3.05, 3.63) is 34.9 Å². The zero-order chi connectivity index (χ0) is 18.1. The molecule has 142 valence electrons. The van der Waals surface area contributed by atoms with Crippen LogP contribution < -0.4 is 0 Å². The second kappa shape index (κ2) is 7.49. The van der Waals surface area contributed by atoms with Crippen LogP contribution in [0.25, 0.3) is 0 Å². The molecule has 0 radical (unpaired) electrons. The summed E-state index contributed by atoms with van der Waals surface area (Å²) >= 11 is 5.92. The van der Waals surface area contributed by atoms with Crippen molar-refractivity contribution in [3.8, 4) is 0 Å². The number of hydrogen-bond acceptors (Lipinski definition) is 3. The highest BCUT2D eigenvalue weighted by molar-refractivity contribution is 6.30. The molecule has 2 atom stereocenters. The summed E-state index contributed by atoms with van der Waals surface area (Å²) in [5, 5.41) is 0.714. The van der Waals surface area contributed by atoms with Crippen LogP contribution in [0.5, 0.6) is 0 Å². The van der Waals surface area contributed by atoms with Crippen molar-refractivity contribution in [2.45, 2.75) is 51.2 Å². The Kier molecular flexibility index (Phi) is 5.27. The molecule has 3 aliphatic rings. The van der Waals surface area contributed by atoms with Crippen LogP contribution in [0, 0.1) is 5.41 Å². The fraction of sp³-hybridized carbons (Fsp3) is 0.667. The summed E-state index contributed by atoms with van der Waals surface area (Å²) in [6, 6.07) is 8.26. The monoisotopic (exact) mass is 376 g/mol. The zero-order valence-electron chi connectivity index (χ0n) is 15.6. The van der Waals surface area contributed by atoms with E-state index in [1.807, 2.05) is 29.2 Å². The predicted octanol–water partition coefficient (Wildman–Crippen LogP) is 3.37. The molecule has 1 spiro atoms. The molecule has 0 N–H and O–H groups in total. The Hall–Kier alpha value is -1.10. The molecule has 1 aliphatic heterocycles. The summed E-state index contributed by atoms with van der Waals surface area (Å²) in [5.41, 5.74) is 1.46. The minimum atomic E-state index is 0.228. The fourth-order valence-corrected chi connectivity index (χ4v) is 5.21. The molecule has 1 aromatic carbocycles. The average molecular weight is 377 g/mol. The van der Waals surface area contributed by atoms with Crippen LogP contribution in [0.2, 0.25) is 5.02 Å². The van der Waals surface area contributed by atoms with Gasteiger partial charge in [0.05, 0.1) is 12.5 Å². The van der Waals surface area contributed by atoms with Crippen molar-refractivity contribution >= 4 is 17.5 Å². The normalized spacial score (nSPS) is 27.8. The topological polar surface area (TPSA) is 32.8 Å². The smallest absolute Gasteiger partial charge is 0.227 e. The molecule has 1 saturated heterocycles. The van der Waals surface area contributed by atoms with Crippen molar-refractivity contribution in [2.24, 2.45) is 5.41 Å². The molecule has 4 nitrogen and oxygen atoms in total. The van der Waals surface area contributed by atoms with Crippen molar-refractivity contribution < 1.29 is 9.53 Å². The molecule has 0 unspecified atom stereocenters. The molecule has 2 saturated carbocycles. The lowest BCUT2D eigenvalue weighted by Gasteiger charge is -2.64. The van der Waals surface area contributed by atoms with Gasteiger partial charge in [-0.2, -0.15) is 0 Å². The quantitative estimate of drug-likeness (QED) is 0.789. The van der Waals surface area contributed by atoms with E-state index in [0.717, 1.165) is 38.3 Å². The maximum Gasteiger partial charge on any atom is 0.227 e. The molecule has 1 aromatic rings. The largest absolute Gasteiger partial charge is 0.378 e. The second-order valence-electron chi connectivity index (χ2n) is 8.00. The van der Waals surface area contributed by atoms with Crippen LogP contribution in [-0.4, -0.2) is 60.6 Å².